The van der Waals surface area contributed by atoms with Crippen molar-refractivity contribution in [3.05, 3.63) is 47.3 Å². The molecule has 1 N–H and O–H groups in total. The molecule has 134 valence electrons. The Bertz CT molecular complexity index is 836. The molecule has 0 bridgehead atoms. The number of rotatable bonds is 3. The van der Waals surface area contributed by atoms with Crippen LogP contribution in [0, 0.1) is 11.7 Å². The Kier molecular flexibility index (Phi) is 4.82. The first-order valence-electron chi connectivity index (χ1n) is 8.62. The number of hydrogen-bond donors (Lipinski definition) is 1. The van der Waals surface area contributed by atoms with Gasteiger partial charge in [-0.1, -0.05) is 20.8 Å². The van der Waals surface area contributed by atoms with Crippen LogP contribution >= 0.6 is 12.2 Å². The van der Waals surface area contributed by atoms with E-state index in [4.69, 9.17) is 12.2 Å². The molecule has 0 spiro atoms. The van der Waals surface area contributed by atoms with Crippen LogP contribution in [0.1, 0.15) is 39.3 Å². The van der Waals surface area contributed by atoms with Gasteiger partial charge in [-0.25, -0.2) is 9.38 Å². The zero-order valence-corrected chi connectivity index (χ0v) is 16.0. The van der Waals surface area contributed by atoms with Gasteiger partial charge in [0, 0.05) is 36.5 Å². The van der Waals surface area contributed by atoms with Crippen LogP contribution in [0.25, 0.3) is 0 Å². The summed E-state index contributed by atoms with van der Waals surface area (Å²) < 4.78 is 17.4. The molecule has 1 heterocycles. The normalized spacial score (nSPS) is 15.5. The summed E-state index contributed by atoms with van der Waals surface area (Å²) in [4.78, 5) is 4.62. The molecule has 6 heteroatoms. The molecule has 1 aliphatic carbocycles. The number of aromatic nitrogens is 2. The van der Waals surface area contributed by atoms with E-state index in [1.54, 1.807) is 12.1 Å². The fraction of sp³-hybridized carbons (Fsp3) is 0.474. The molecule has 0 radical (unpaired) electrons. The largest absolute Gasteiger partial charge is 0.331 e. The van der Waals surface area contributed by atoms with Gasteiger partial charge in [0.15, 0.2) is 10.6 Å². The summed E-state index contributed by atoms with van der Waals surface area (Å²) in [5.74, 6) is 0.465. The van der Waals surface area contributed by atoms with E-state index in [1.807, 2.05) is 0 Å². The molecule has 1 aromatic carbocycles. The summed E-state index contributed by atoms with van der Waals surface area (Å²) in [5, 5.41) is 3.43. The molecule has 1 fully saturated rings. The van der Waals surface area contributed by atoms with E-state index in [-0.39, 0.29) is 11.2 Å². The molecule has 1 aromatic heterocycles. The highest BCUT2D eigenvalue weighted by molar-refractivity contribution is 7.80. The maximum Gasteiger partial charge on any atom is 0.199 e. The van der Waals surface area contributed by atoms with Gasteiger partial charge in [-0.15, -0.1) is 0 Å². The van der Waals surface area contributed by atoms with Crippen molar-refractivity contribution in [2.24, 2.45) is 18.0 Å². The molecule has 0 amide bonds. The predicted octanol–water partition coefficient (Wildman–Crippen LogP) is 3.97. The monoisotopic (exact) mass is 360 g/mol. The number of nitrogens with zero attached hydrogens (tertiary/aromatic N) is 3. The zero-order chi connectivity index (χ0) is 18.2. The minimum Gasteiger partial charge on any atom is -0.331 e. The standard InChI is InChI=1S/C19H25FN4S/c1-19(2,3)16-11-17(24(23(16)4)12-13-5-6-13)22-18(25)21-15-9-7-14(20)8-10-15/h7-11,13H,5-6,12H2,1-4H3,(H,21,25)/b22-17+. The molecule has 2 aromatic rings. The van der Waals surface area contributed by atoms with Crippen molar-refractivity contribution in [1.29, 1.82) is 0 Å². The van der Waals surface area contributed by atoms with Crippen LogP contribution in [0.3, 0.4) is 0 Å². The van der Waals surface area contributed by atoms with Gasteiger partial charge in [0.2, 0.25) is 0 Å². The molecule has 1 saturated carbocycles. The smallest absolute Gasteiger partial charge is 0.199 e. The summed E-state index contributed by atoms with van der Waals surface area (Å²) in [6, 6.07) is 8.22. The first-order chi connectivity index (χ1) is 11.7. The maximum atomic E-state index is 13.0. The van der Waals surface area contributed by atoms with Crippen molar-refractivity contribution >= 4 is 23.0 Å². The molecule has 4 nitrogen and oxygen atoms in total. The van der Waals surface area contributed by atoms with Crippen LogP contribution in [0.15, 0.2) is 35.3 Å². The van der Waals surface area contributed by atoms with Gasteiger partial charge in [-0.3, -0.25) is 9.36 Å². The number of anilines is 1. The Balaban J connectivity index is 1.92. The highest BCUT2D eigenvalue weighted by Crippen LogP contribution is 2.30. The van der Waals surface area contributed by atoms with Crippen molar-refractivity contribution in [2.75, 3.05) is 5.32 Å². The topological polar surface area (TPSA) is 34.2 Å². The van der Waals surface area contributed by atoms with Crippen molar-refractivity contribution in [1.82, 2.24) is 9.36 Å². The Morgan fingerprint density at radius 3 is 2.48 bits per heavy atom. The molecule has 1 aliphatic rings. The Labute approximate surface area is 153 Å². The van der Waals surface area contributed by atoms with Crippen LogP contribution in [0.5, 0.6) is 0 Å². The number of benzene rings is 1. The Hall–Kier alpha value is -1.95. The van der Waals surface area contributed by atoms with Crippen molar-refractivity contribution in [3.8, 4) is 0 Å². The Morgan fingerprint density at radius 2 is 1.92 bits per heavy atom. The lowest BCUT2D eigenvalue weighted by Gasteiger charge is -2.20. The summed E-state index contributed by atoms with van der Waals surface area (Å²) in [6.07, 6.45) is 2.56. The average Bonchev–Trinajstić information content (AvgIpc) is 3.28. The average molecular weight is 361 g/mol. The van der Waals surface area contributed by atoms with Crippen LogP contribution in [0.2, 0.25) is 0 Å². The van der Waals surface area contributed by atoms with Gasteiger partial charge < -0.3 is 5.32 Å². The third-order valence-corrected chi connectivity index (χ3v) is 4.64. The second-order valence-corrected chi connectivity index (χ2v) is 8.12. The summed E-state index contributed by atoms with van der Waals surface area (Å²) in [5.41, 5.74) is 2.84. The van der Waals surface area contributed by atoms with Crippen molar-refractivity contribution in [2.45, 2.75) is 45.6 Å². The second-order valence-electron chi connectivity index (χ2n) is 7.74. The van der Waals surface area contributed by atoms with E-state index < -0.39 is 0 Å². The third kappa shape index (κ3) is 4.37. The highest BCUT2D eigenvalue weighted by atomic mass is 32.1. The lowest BCUT2D eigenvalue weighted by atomic mass is 9.92. The van der Waals surface area contributed by atoms with Gasteiger partial charge in [0.1, 0.15) is 5.82 Å². The zero-order valence-electron chi connectivity index (χ0n) is 15.2. The molecule has 3 rings (SSSR count). The lowest BCUT2D eigenvalue weighted by Crippen LogP contribution is -2.26. The van der Waals surface area contributed by atoms with E-state index in [2.05, 4.69) is 53.6 Å². The highest BCUT2D eigenvalue weighted by Gasteiger charge is 2.26. The van der Waals surface area contributed by atoms with Gasteiger partial charge in [-0.2, -0.15) is 0 Å². The van der Waals surface area contributed by atoms with Crippen LogP contribution in [0.4, 0.5) is 10.1 Å². The first-order valence-corrected chi connectivity index (χ1v) is 9.03. The second kappa shape index (κ2) is 6.75. The third-order valence-electron chi connectivity index (χ3n) is 4.45. The molecular weight excluding hydrogens is 335 g/mol. The van der Waals surface area contributed by atoms with E-state index in [1.165, 1.54) is 30.7 Å². The van der Waals surface area contributed by atoms with E-state index in [9.17, 15) is 4.39 Å². The van der Waals surface area contributed by atoms with E-state index in [0.717, 1.165) is 23.6 Å². The maximum absolute atomic E-state index is 13.0. The van der Waals surface area contributed by atoms with Gasteiger partial charge in [0.05, 0.1) is 0 Å². The summed E-state index contributed by atoms with van der Waals surface area (Å²) in [7, 11) is 2.08. The lowest BCUT2D eigenvalue weighted by molar-refractivity contribution is 0.422. The minimum absolute atomic E-state index is 0.0276. The summed E-state index contributed by atoms with van der Waals surface area (Å²) >= 11 is 5.39. The fourth-order valence-electron chi connectivity index (χ4n) is 2.92. The quantitative estimate of drug-likeness (QED) is 0.841. The van der Waals surface area contributed by atoms with Crippen LogP contribution in [-0.2, 0) is 19.0 Å². The van der Waals surface area contributed by atoms with Crippen molar-refractivity contribution in [3.63, 3.8) is 0 Å². The molecule has 0 unspecified atom stereocenters. The molecule has 0 aliphatic heterocycles. The van der Waals surface area contributed by atoms with E-state index in [0.29, 0.717) is 5.11 Å². The summed E-state index contributed by atoms with van der Waals surface area (Å²) in [6.45, 7) is 7.55. The molecule has 0 saturated heterocycles. The van der Waals surface area contributed by atoms with Crippen molar-refractivity contribution < 1.29 is 4.39 Å². The number of hydrogen-bond acceptors (Lipinski definition) is 1. The van der Waals surface area contributed by atoms with Gasteiger partial charge >= 0.3 is 0 Å². The number of thiocarbonyl (C=S) groups is 1. The molecular formula is C19H25FN4S. The van der Waals surface area contributed by atoms with Gasteiger partial charge in [-0.05, 0) is 55.2 Å². The molecule has 0 atom stereocenters. The predicted molar refractivity (Wildman–Crippen MR) is 103 cm³/mol. The van der Waals surface area contributed by atoms with Crippen LogP contribution in [-0.4, -0.2) is 14.5 Å². The Morgan fingerprint density at radius 1 is 1.28 bits per heavy atom. The van der Waals surface area contributed by atoms with Crippen LogP contribution < -0.4 is 10.8 Å². The molecule has 25 heavy (non-hydrogen) atoms. The van der Waals surface area contributed by atoms with E-state index >= 15 is 0 Å². The fourth-order valence-corrected chi connectivity index (χ4v) is 3.13. The number of nitrogens with one attached hydrogen (secondary N) is 1. The minimum atomic E-state index is -0.270. The van der Waals surface area contributed by atoms with Gasteiger partial charge in [0.25, 0.3) is 0 Å². The SMILES string of the molecule is Cn1c(C(C)(C)C)c/c(=N\C(=S)Nc2ccc(F)cc2)n1CC1CC1. The number of halogens is 1. The first kappa shape index (κ1) is 17.9.